The summed E-state index contributed by atoms with van der Waals surface area (Å²) in [5.74, 6) is 0. The molecule has 1 heterocycles. The maximum Gasteiger partial charge on any atom is 0.421 e. The van der Waals surface area contributed by atoms with Gasteiger partial charge in [-0.25, -0.2) is 13.2 Å². The zero-order chi connectivity index (χ0) is 20.2. The van der Waals surface area contributed by atoms with Crippen molar-refractivity contribution in [1.29, 1.82) is 0 Å². The fraction of sp³-hybridized carbons (Fsp3) is 0.471. The van der Waals surface area contributed by atoms with Gasteiger partial charge in [0, 0.05) is 12.1 Å². The summed E-state index contributed by atoms with van der Waals surface area (Å²) >= 11 is 1.38. The van der Waals surface area contributed by atoms with Crippen molar-refractivity contribution in [2.45, 2.75) is 51.0 Å². The van der Waals surface area contributed by atoms with Gasteiger partial charge in [0.25, 0.3) is 10.0 Å². The van der Waals surface area contributed by atoms with Gasteiger partial charge in [-0.3, -0.25) is 0 Å². The number of benzene rings is 1. The molecule has 0 unspecified atom stereocenters. The molecule has 0 aliphatic heterocycles. The number of rotatable bonds is 7. The van der Waals surface area contributed by atoms with Crippen LogP contribution in [0.3, 0.4) is 0 Å². The van der Waals surface area contributed by atoms with Crippen LogP contribution in [0.2, 0.25) is 0 Å². The third-order valence-electron chi connectivity index (χ3n) is 3.65. The van der Waals surface area contributed by atoms with E-state index in [1.807, 2.05) is 0 Å². The summed E-state index contributed by atoms with van der Waals surface area (Å²) in [7, 11) is -4.18. The number of nitrogens with one attached hydrogen (secondary N) is 1. The van der Waals surface area contributed by atoms with Crippen LogP contribution in [-0.2, 0) is 10.0 Å². The molecule has 10 heteroatoms. The summed E-state index contributed by atoms with van der Waals surface area (Å²) in [6, 6.07) is 5.98. The molecule has 148 valence electrons. The SMILES string of the molecule is CCCCNc1nnc(-c2ccc(S(=O)(=O)N(C(=O)O)C(C)(C)C)cc2)s1. The van der Waals surface area contributed by atoms with E-state index in [1.165, 1.54) is 44.2 Å². The highest BCUT2D eigenvalue weighted by atomic mass is 32.2. The Balaban J connectivity index is 2.25. The predicted molar refractivity (Wildman–Crippen MR) is 106 cm³/mol. The van der Waals surface area contributed by atoms with Gasteiger partial charge in [-0.05, 0) is 39.3 Å². The number of nitrogens with zero attached hydrogens (tertiary/aromatic N) is 3. The molecule has 27 heavy (non-hydrogen) atoms. The predicted octanol–water partition coefficient (Wildman–Crippen LogP) is 3.88. The van der Waals surface area contributed by atoms with E-state index in [1.54, 1.807) is 12.1 Å². The molecule has 0 bridgehead atoms. The van der Waals surface area contributed by atoms with Crippen LogP contribution in [0, 0.1) is 0 Å². The van der Waals surface area contributed by atoms with Gasteiger partial charge in [-0.15, -0.1) is 10.2 Å². The van der Waals surface area contributed by atoms with E-state index < -0.39 is 21.7 Å². The smallest absolute Gasteiger partial charge is 0.421 e. The average molecular weight is 413 g/mol. The quantitative estimate of drug-likeness (QED) is 0.663. The van der Waals surface area contributed by atoms with Gasteiger partial charge in [0.2, 0.25) is 5.13 Å². The van der Waals surface area contributed by atoms with Crippen LogP contribution in [0.4, 0.5) is 9.93 Å². The fourth-order valence-electron chi connectivity index (χ4n) is 2.41. The largest absolute Gasteiger partial charge is 0.464 e. The highest BCUT2D eigenvalue weighted by Gasteiger charge is 2.38. The summed E-state index contributed by atoms with van der Waals surface area (Å²) < 4.78 is 25.9. The van der Waals surface area contributed by atoms with Gasteiger partial charge in [0.05, 0.1) is 10.4 Å². The van der Waals surface area contributed by atoms with E-state index in [9.17, 15) is 18.3 Å². The minimum atomic E-state index is -4.18. The third kappa shape index (κ3) is 4.95. The Morgan fingerprint density at radius 2 is 1.85 bits per heavy atom. The molecule has 0 spiro atoms. The van der Waals surface area contributed by atoms with Crippen LogP contribution < -0.4 is 5.32 Å². The van der Waals surface area contributed by atoms with E-state index in [0.717, 1.165) is 19.4 Å². The van der Waals surface area contributed by atoms with Crippen molar-refractivity contribution in [2.75, 3.05) is 11.9 Å². The molecule has 1 amide bonds. The number of amides is 1. The maximum atomic E-state index is 12.7. The van der Waals surface area contributed by atoms with Crippen molar-refractivity contribution in [3.8, 4) is 10.6 Å². The monoisotopic (exact) mass is 412 g/mol. The Labute approximate surface area is 163 Å². The molecular weight excluding hydrogens is 388 g/mol. The first kappa shape index (κ1) is 21.1. The number of hydrogen-bond acceptors (Lipinski definition) is 7. The summed E-state index contributed by atoms with van der Waals surface area (Å²) in [5, 5.41) is 22.1. The van der Waals surface area contributed by atoms with Crippen molar-refractivity contribution in [2.24, 2.45) is 0 Å². The number of carbonyl (C=O) groups is 1. The van der Waals surface area contributed by atoms with E-state index in [4.69, 9.17) is 0 Å². The first-order valence-corrected chi connectivity index (χ1v) is 10.8. The second-order valence-electron chi connectivity index (χ2n) is 6.94. The molecule has 0 saturated heterocycles. The lowest BCUT2D eigenvalue weighted by atomic mass is 10.1. The lowest BCUT2D eigenvalue weighted by Gasteiger charge is -2.31. The van der Waals surface area contributed by atoms with Gasteiger partial charge in [0.15, 0.2) is 0 Å². The molecule has 0 fully saturated rings. The Bertz CT molecular complexity index is 886. The second kappa shape index (κ2) is 8.22. The minimum Gasteiger partial charge on any atom is -0.464 e. The molecule has 0 atom stereocenters. The zero-order valence-electron chi connectivity index (χ0n) is 15.8. The highest BCUT2D eigenvalue weighted by Crippen LogP contribution is 2.29. The number of anilines is 1. The lowest BCUT2D eigenvalue weighted by Crippen LogP contribution is -2.48. The number of sulfonamides is 1. The molecule has 0 aliphatic carbocycles. The van der Waals surface area contributed by atoms with E-state index in [2.05, 4.69) is 22.4 Å². The first-order chi connectivity index (χ1) is 12.6. The summed E-state index contributed by atoms with van der Waals surface area (Å²) in [4.78, 5) is 11.4. The first-order valence-electron chi connectivity index (χ1n) is 8.53. The molecule has 0 saturated carbocycles. The molecule has 2 N–H and O–H groups in total. The Morgan fingerprint density at radius 1 is 1.22 bits per heavy atom. The summed E-state index contributed by atoms with van der Waals surface area (Å²) in [5.41, 5.74) is -0.380. The van der Waals surface area contributed by atoms with Crippen molar-refractivity contribution in [1.82, 2.24) is 14.5 Å². The van der Waals surface area contributed by atoms with Crippen molar-refractivity contribution in [3.05, 3.63) is 24.3 Å². The van der Waals surface area contributed by atoms with Crippen LogP contribution in [0.25, 0.3) is 10.6 Å². The Kier molecular flexibility index (Phi) is 6.42. The van der Waals surface area contributed by atoms with Gasteiger partial charge in [0.1, 0.15) is 5.01 Å². The zero-order valence-corrected chi connectivity index (χ0v) is 17.4. The Hall–Kier alpha value is -2.20. The topological polar surface area (TPSA) is 112 Å². The number of unbranched alkanes of at least 4 members (excludes halogenated alkanes) is 1. The molecule has 0 aliphatic rings. The molecule has 1 aromatic heterocycles. The van der Waals surface area contributed by atoms with Gasteiger partial charge >= 0.3 is 6.09 Å². The van der Waals surface area contributed by atoms with E-state index in [-0.39, 0.29) is 4.90 Å². The molecule has 2 rings (SSSR count). The molecule has 8 nitrogen and oxygen atoms in total. The molecular formula is C17H24N4O4S2. The second-order valence-corrected chi connectivity index (χ2v) is 9.70. The third-order valence-corrected chi connectivity index (χ3v) is 6.64. The highest BCUT2D eigenvalue weighted by molar-refractivity contribution is 7.89. The van der Waals surface area contributed by atoms with Crippen LogP contribution in [0.5, 0.6) is 0 Å². The van der Waals surface area contributed by atoms with Gasteiger partial charge < -0.3 is 10.4 Å². The number of hydrogen-bond donors (Lipinski definition) is 2. The van der Waals surface area contributed by atoms with E-state index >= 15 is 0 Å². The fourth-order valence-corrected chi connectivity index (χ4v) is 4.80. The molecule has 2 aromatic rings. The molecule has 0 radical (unpaired) electrons. The molecule has 1 aromatic carbocycles. The van der Waals surface area contributed by atoms with Crippen molar-refractivity contribution < 1.29 is 18.3 Å². The van der Waals surface area contributed by atoms with Crippen LogP contribution in [0.1, 0.15) is 40.5 Å². The number of carboxylic acid groups (broad SMARTS) is 1. The van der Waals surface area contributed by atoms with Gasteiger partial charge in [-0.1, -0.05) is 36.8 Å². The van der Waals surface area contributed by atoms with Crippen LogP contribution in [-0.4, -0.2) is 46.2 Å². The lowest BCUT2D eigenvalue weighted by molar-refractivity contribution is 0.146. The van der Waals surface area contributed by atoms with Crippen molar-refractivity contribution in [3.63, 3.8) is 0 Å². The minimum absolute atomic E-state index is 0.0885. The Morgan fingerprint density at radius 3 is 2.37 bits per heavy atom. The van der Waals surface area contributed by atoms with Crippen molar-refractivity contribution >= 4 is 32.6 Å². The maximum absolute atomic E-state index is 12.7. The van der Waals surface area contributed by atoms with Gasteiger partial charge in [-0.2, -0.15) is 4.31 Å². The average Bonchev–Trinajstić information content (AvgIpc) is 3.02. The van der Waals surface area contributed by atoms with Crippen LogP contribution in [0.15, 0.2) is 29.2 Å². The summed E-state index contributed by atoms with van der Waals surface area (Å²) in [6.07, 6.45) is 0.602. The number of aromatic nitrogens is 2. The van der Waals surface area contributed by atoms with E-state index in [0.29, 0.717) is 20.0 Å². The van der Waals surface area contributed by atoms with Crippen LogP contribution >= 0.6 is 11.3 Å². The summed E-state index contributed by atoms with van der Waals surface area (Å²) in [6.45, 7) is 7.51. The normalized spacial score (nSPS) is 12.0. The standard InChI is InChI=1S/C17H24N4O4S2/c1-5-6-11-18-15-20-19-14(26-15)12-7-9-13(10-8-12)27(24,25)21(16(22)23)17(2,3)4/h7-10H,5-6,11H2,1-4H3,(H,18,20)(H,22,23).